The summed E-state index contributed by atoms with van der Waals surface area (Å²) in [6.07, 6.45) is -2.57. The molecule has 1 aromatic heterocycles. The van der Waals surface area contributed by atoms with Crippen LogP contribution in [0.15, 0.2) is 11.2 Å². The van der Waals surface area contributed by atoms with E-state index in [4.69, 9.17) is 21.5 Å². The monoisotopic (exact) mass is 258 g/mol. The predicted octanol–water partition coefficient (Wildman–Crippen LogP) is 1.23. The molecule has 1 rings (SSSR count). The zero-order chi connectivity index (χ0) is 11.8. The maximum atomic E-state index is 12.4. The van der Waals surface area contributed by atoms with E-state index in [1.54, 1.807) is 0 Å². The third kappa shape index (κ3) is 2.26. The van der Waals surface area contributed by atoms with Crippen molar-refractivity contribution in [2.45, 2.75) is 11.5 Å². The summed E-state index contributed by atoms with van der Waals surface area (Å²) in [5.41, 5.74) is 3.24. The summed E-state index contributed by atoms with van der Waals surface area (Å²) in [6, 6.07) is 0. The molecule has 0 aliphatic heterocycles. The van der Waals surface area contributed by atoms with E-state index in [0.717, 1.165) is 0 Å². The van der Waals surface area contributed by atoms with E-state index in [1.165, 1.54) is 0 Å². The van der Waals surface area contributed by atoms with Crippen molar-refractivity contribution in [3.8, 4) is 5.75 Å². The quantitative estimate of drug-likeness (QED) is 0.779. The highest BCUT2D eigenvalue weighted by Crippen LogP contribution is 2.36. The Kier molecular flexibility index (Phi) is 3.00. The number of anilines is 1. The van der Waals surface area contributed by atoms with E-state index in [2.05, 4.69) is 4.98 Å². The van der Waals surface area contributed by atoms with Crippen LogP contribution >= 0.6 is 10.7 Å². The van der Waals surface area contributed by atoms with Gasteiger partial charge in [0.2, 0.25) is 0 Å². The average Bonchev–Trinajstić information content (AvgIpc) is 2.06. The first kappa shape index (κ1) is 11.9. The van der Waals surface area contributed by atoms with Crippen molar-refractivity contribution >= 4 is 25.4 Å². The van der Waals surface area contributed by atoms with Crippen molar-refractivity contribution < 1.29 is 22.3 Å². The number of alkyl halides is 2. The summed E-state index contributed by atoms with van der Waals surface area (Å²) >= 11 is 0. The molecule has 0 saturated heterocycles. The molecule has 0 spiro atoms. The molecule has 9 heteroatoms. The van der Waals surface area contributed by atoms with Crippen molar-refractivity contribution in [2.75, 3.05) is 5.73 Å². The first-order valence-electron chi connectivity index (χ1n) is 3.45. The first-order chi connectivity index (χ1) is 6.75. The standard InChI is InChI=1S/C6H5ClF2N2O3S/c7-15(13,14)6-3(5(8)9)4(10)2(12)1-11-6/h1,5,12H,(H2,10,11). The molecule has 0 aliphatic carbocycles. The minimum absolute atomic E-state index is 0.635. The molecule has 0 fully saturated rings. The molecule has 0 radical (unpaired) electrons. The molecule has 3 N–H and O–H groups in total. The number of halogens is 3. The molecule has 15 heavy (non-hydrogen) atoms. The van der Waals surface area contributed by atoms with Gasteiger partial charge < -0.3 is 10.8 Å². The van der Waals surface area contributed by atoms with Crippen LogP contribution in [0.25, 0.3) is 0 Å². The molecule has 0 aliphatic rings. The number of aromatic nitrogens is 1. The van der Waals surface area contributed by atoms with Crippen LogP contribution in [-0.4, -0.2) is 18.5 Å². The van der Waals surface area contributed by atoms with Crippen LogP contribution in [0.2, 0.25) is 0 Å². The van der Waals surface area contributed by atoms with Gasteiger partial charge >= 0.3 is 0 Å². The van der Waals surface area contributed by atoms with Crippen molar-refractivity contribution in [2.24, 2.45) is 0 Å². The second-order valence-corrected chi connectivity index (χ2v) is 5.00. The van der Waals surface area contributed by atoms with Gasteiger partial charge in [0, 0.05) is 10.7 Å². The first-order valence-corrected chi connectivity index (χ1v) is 5.76. The van der Waals surface area contributed by atoms with Gasteiger partial charge in [0.15, 0.2) is 10.8 Å². The maximum absolute atomic E-state index is 12.4. The molecule has 0 saturated carbocycles. The molecular weight excluding hydrogens is 254 g/mol. The second-order valence-electron chi connectivity index (χ2n) is 2.51. The molecule has 0 bridgehead atoms. The van der Waals surface area contributed by atoms with Crippen LogP contribution in [0.3, 0.4) is 0 Å². The van der Waals surface area contributed by atoms with E-state index in [0.29, 0.717) is 6.20 Å². The minimum atomic E-state index is -4.43. The Hall–Kier alpha value is -1.15. The fourth-order valence-electron chi connectivity index (χ4n) is 0.917. The molecule has 0 atom stereocenters. The van der Waals surface area contributed by atoms with Gasteiger partial charge in [0.25, 0.3) is 15.5 Å². The highest BCUT2D eigenvalue weighted by atomic mass is 35.7. The van der Waals surface area contributed by atoms with Gasteiger partial charge in [-0.25, -0.2) is 22.2 Å². The lowest BCUT2D eigenvalue weighted by atomic mass is 10.2. The van der Waals surface area contributed by atoms with Gasteiger partial charge in [-0.2, -0.15) is 0 Å². The minimum Gasteiger partial charge on any atom is -0.504 e. The zero-order valence-corrected chi connectivity index (χ0v) is 8.56. The van der Waals surface area contributed by atoms with Crippen molar-refractivity contribution in [3.05, 3.63) is 11.8 Å². The van der Waals surface area contributed by atoms with Crippen LogP contribution in [0.1, 0.15) is 12.0 Å². The Labute approximate surface area is 87.9 Å². The highest BCUT2D eigenvalue weighted by molar-refractivity contribution is 8.13. The second kappa shape index (κ2) is 3.78. The largest absolute Gasteiger partial charge is 0.504 e. The maximum Gasteiger partial charge on any atom is 0.279 e. The lowest BCUT2D eigenvalue weighted by Crippen LogP contribution is -2.06. The molecular formula is C6H5ClF2N2O3S. The van der Waals surface area contributed by atoms with Gasteiger partial charge in [-0.15, -0.1) is 0 Å². The number of rotatable bonds is 2. The van der Waals surface area contributed by atoms with Crippen LogP contribution in [0, 0.1) is 0 Å². The van der Waals surface area contributed by atoms with Crippen LogP contribution < -0.4 is 5.73 Å². The zero-order valence-electron chi connectivity index (χ0n) is 6.99. The third-order valence-electron chi connectivity index (χ3n) is 1.55. The van der Waals surface area contributed by atoms with E-state index in [9.17, 15) is 17.2 Å². The average molecular weight is 259 g/mol. The molecule has 0 amide bonds. The van der Waals surface area contributed by atoms with E-state index >= 15 is 0 Å². The third-order valence-corrected chi connectivity index (χ3v) is 2.78. The Morgan fingerprint density at radius 3 is 2.47 bits per heavy atom. The van der Waals surface area contributed by atoms with Crippen molar-refractivity contribution in [3.63, 3.8) is 0 Å². The number of hydrogen-bond donors (Lipinski definition) is 2. The van der Waals surface area contributed by atoms with Gasteiger partial charge in [-0.1, -0.05) is 0 Å². The summed E-state index contributed by atoms with van der Waals surface area (Å²) in [7, 11) is 0.444. The van der Waals surface area contributed by atoms with Gasteiger partial charge in [-0.3, -0.25) is 0 Å². The topological polar surface area (TPSA) is 93.3 Å². The van der Waals surface area contributed by atoms with Crippen LogP contribution in [-0.2, 0) is 9.05 Å². The normalized spacial score (nSPS) is 12.0. The van der Waals surface area contributed by atoms with Crippen molar-refractivity contribution in [1.82, 2.24) is 4.98 Å². The highest BCUT2D eigenvalue weighted by Gasteiger charge is 2.27. The molecule has 0 unspecified atom stereocenters. The van der Waals surface area contributed by atoms with Crippen LogP contribution in [0.4, 0.5) is 14.5 Å². The van der Waals surface area contributed by atoms with E-state index in [1.807, 2.05) is 0 Å². The number of pyridine rings is 1. The summed E-state index contributed by atoms with van der Waals surface area (Å²) in [5, 5.41) is 7.93. The molecule has 84 valence electrons. The molecule has 1 aromatic rings. The Morgan fingerprint density at radius 2 is 2.07 bits per heavy atom. The molecule has 5 nitrogen and oxygen atoms in total. The summed E-state index contributed by atoms with van der Waals surface area (Å²) in [6.45, 7) is 0. The molecule has 0 aromatic carbocycles. The number of hydrogen-bond acceptors (Lipinski definition) is 5. The predicted molar refractivity (Wildman–Crippen MR) is 48.3 cm³/mol. The van der Waals surface area contributed by atoms with E-state index in [-0.39, 0.29) is 0 Å². The summed E-state index contributed by atoms with van der Waals surface area (Å²) in [4.78, 5) is 3.10. The summed E-state index contributed by atoms with van der Waals surface area (Å²) in [5.74, 6) is -0.727. The van der Waals surface area contributed by atoms with Gasteiger partial charge in [0.1, 0.15) is 0 Å². The van der Waals surface area contributed by atoms with Crippen molar-refractivity contribution in [1.29, 1.82) is 0 Å². The van der Waals surface area contributed by atoms with E-state index < -0.39 is 37.5 Å². The fraction of sp³-hybridized carbons (Fsp3) is 0.167. The Balaban J connectivity index is 3.62. The SMILES string of the molecule is Nc1c(O)cnc(S(=O)(=O)Cl)c1C(F)F. The lowest BCUT2D eigenvalue weighted by molar-refractivity contribution is 0.147. The smallest absolute Gasteiger partial charge is 0.279 e. The molecule has 1 heterocycles. The number of aromatic hydroxyl groups is 1. The number of nitrogen functional groups attached to an aromatic ring is 1. The van der Waals surface area contributed by atoms with Gasteiger partial charge in [0.05, 0.1) is 17.4 Å². The Bertz CT molecular complexity index is 491. The lowest BCUT2D eigenvalue weighted by Gasteiger charge is -2.09. The van der Waals surface area contributed by atoms with Gasteiger partial charge in [-0.05, 0) is 0 Å². The Morgan fingerprint density at radius 1 is 1.53 bits per heavy atom. The fourth-order valence-corrected chi connectivity index (χ4v) is 1.93. The van der Waals surface area contributed by atoms with Crippen LogP contribution in [0.5, 0.6) is 5.75 Å². The summed E-state index contributed by atoms with van der Waals surface area (Å²) < 4.78 is 46.6. The number of nitrogens with two attached hydrogens (primary N) is 1. The number of nitrogens with zero attached hydrogens (tertiary/aromatic N) is 1.